The number of hydrogen-bond acceptors (Lipinski definition) is 5. The van der Waals surface area contributed by atoms with Crippen molar-refractivity contribution in [1.29, 1.82) is 0 Å². The number of aromatic nitrogens is 1. The molecule has 0 atom stereocenters. The summed E-state index contributed by atoms with van der Waals surface area (Å²) in [4.78, 5) is 7.00. The number of nitrogens with zero attached hydrogens (tertiary/aromatic N) is 2. The van der Waals surface area contributed by atoms with Crippen LogP contribution in [0.15, 0.2) is 35.7 Å². The second kappa shape index (κ2) is 9.48. The zero-order chi connectivity index (χ0) is 18.2. The van der Waals surface area contributed by atoms with Gasteiger partial charge in [0.15, 0.2) is 5.13 Å². The minimum absolute atomic E-state index is 0.165. The second-order valence-electron chi connectivity index (χ2n) is 6.72. The van der Waals surface area contributed by atoms with Crippen molar-refractivity contribution in [1.82, 2.24) is 9.71 Å². The highest BCUT2D eigenvalue weighted by Gasteiger charge is 2.15. The molecule has 1 fully saturated rings. The molecule has 2 heterocycles. The Balaban J connectivity index is 1.38. The Labute approximate surface area is 160 Å². The summed E-state index contributed by atoms with van der Waals surface area (Å²) in [6.07, 6.45) is 5.83. The third kappa shape index (κ3) is 6.07. The van der Waals surface area contributed by atoms with E-state index in [4.69, 9.17) is 0 Å². The van der Waals surface area contributed by atoms with Crippen LogP contribution >= 0.6 is 11.3 Å². The van der Waals surface area contributed by atoms with Crippen LogP contribution in [-0.4, -0.2) is 38.8 Å². The number of hydrogen-bond donors (Lipinski definition) is 1. The summed E-state index contributed by atoms with van der Waals surface area (Å²) in [6.45, 7) is 2.58. The average molecular weight is 394 g/mol. The Morgan fingerprint density at radius 3 is 2.62 bits per heavy atom. The molecule has 1 aromatic carbocycles. The van der Waals surface area contributed by atoms with Gasteiger partial charge in [0.2, 0.25) is 10.0 Å². The molecule has 0 unspecified atom stereocenters. The van der Waals surface area contributed by atoms with Crippen LogP contribution in [0.4, 0.5) is 5.13 Å². The maximum atomic E-state index is 12.1. The van der Waals surface area contributed by atoms with Crippen LogP contribution < -0.4 is 9.62 Å². The minimum atomic E-state index is -3.22. The van der Waals surface area contributed by atoms with Gasteiger partial charge >= 0.3 is 0 Å². The van der Waals surface area contributed by atoms with Gasteiger partial charge in [-0.05, 0) is 37.7 Å². The zero-order valence-electron chi connectivity index (χ0n) is 15.1. The number of thiazole rings is 1. The van der Waals surface area contributed by atoms with Crippen LogP contribution in [0.2, 0.25) is 0 Å². The van der Waals surface area contributed by atoms with E-state index in [1.807, 2.05) is 35.7 Å². The van der Waals surface area contributed by atoms with Gasteiger partial charge in [0.25, 0.3) is 0 Å². The normalized spacial score (nSPS) is 15.3. The Kier molecular flexibility index (Phi) is 7.05. The summed E-state index contributed by atoms with van der Waals surface area (Å²) < 4.78 is 27.0. The third-order valence-electron chi connectivity index (χ3n) is 4.59. The molecule has 1 N–H and O–H groups in total. The number of piperidine rings is 1. The van der Waals surface area contributed by atoms with Crippen LogP contribution in [0.3, 0.4) is 0 Å². The Hall–Kier alpha value is -1.44. The van der Waals surface area contributed by atoms with E-state index in [2.05, 4.69) is 14.6 Å². The summed E-state index contributed by atoms with van der Waals surface area (Å²) >= 11 is 1.66. The average Bonchev–Trinajstić information content (AvgIpc) is 3.12. The van der Waals surface area contributed by atoms with Gasteiger partial charge in [-0.25, -0.2) is 18.1 Å². The van der Waals surface area contributed by atoms with Crippen LogP contribution in [0, 0.1) is 0 Å². The number of aryl methyl sites for hydroxylation is 1. The molecule has 2 aromatic rings. The first-order valence-electron chi connectivity index (χ1n) is 9.33. The van der Waals surface area contributed by atoms with Gasteiger partial charge in [-0.2, -0.15) is 0 Å². The Morgan fingerprint density at radius 2 is 1.85 bits per heavy atom. The molecule has 0 saturated carbocycles. The van der Waals surface area contributed by atoms with Gasteiger partial charge in [-0.1, -0.05) is 30.3 Å². The van der Waals surface area contributed by atoms with E-state index in [9.17, 15) is 8.42 Å². The van der Waals surface area contributed by atoms with Crippen LogP contribution in [0.5, 0.6) is 0 Å². The molecule has 142 valence electrons. The molecule has 0 spiro atoms. The SMILES string of the molecule is O=S(=O)(CCCc1ccccc1)NCCc1csc(N2CCCCC2)n1. The highest BCUT2D eigenvalue weighted by Crippen LogP contribution is 2.24. The van der Waals surface area contributed by atoms with Crippen molar-refractivity contribution in [2.24, 2.45) is 0 Å². The summed E-state index contributed by atoms with van der Waals surface area (Å²) in [5.74, 6) is 0.165. The van der Waals surface area contributed by atoms with Gasteiger partial charge in [-0.15, -0.1) is 11.3 Å². The van der Waals surface area contributed by atoms with Crippen LogP contribution in [-0.2, 0) is 22.9 Å². The Morgan fingerprint density at radius 1 is 1.08 bits per heavy atom. The number of sulfonamides is 1. The first-order valence-corrected chi connectivity index (χ1v) is 11.9. The molecule has 1 aliphatic rings. The molecular weight excluding hydrogens is 366 g/mol. The molecule has 0 aliphatic carbocycles. The van der Waals surface area contributed by atoms with Crippen LogP contribution in [0.1, 0.15) is 36.9 Å². The lowest BCUT2D eigenvalue weighted by molar-refractivity contribution is 0.575. The molecular formula is C19H27N3O2S2. The zero-order valence-corrected chi connectivity index (χ0v) is 16.7. The predicted octanol–water partition coefficient (Wildman–Crippen LogP) is 3.23. The van der Waals surface area contributed by atoms with Gasteiger partial charge in [-0.3, -0.25) is 0 Å². The van der Waals surface area contributed by atoms with Crippen molar-refractivity contribution in [3.63, 3.8) is 0 Å². The molecule has 1 aliphatic heterocycles. The molecule has 5 nitrogen and oxygen atoms in total. The fraction of sp³-hybridized carbons (Fsp3) is 0.526. The van der Waals surface area contributed by atoms with Crippen molar-refractivity contribution in [3.8, 4) is 0 Å². The summed E-state index contributed by atoms with van der Waals surface area (Å²) in [6, 6.07) is 9.99. The van der Waals surface area contributed by atoms with E-state index in [0.717, 1.165) is 30.3 Å². The molecule has 1 saturated heterocycles. The van der Waals surface area contributed by atoms with Gasteiger partial charge < -0.3 is 4.90 Å². The smallest absolute Gasteiger partial charge is 0.211 e. The highest BCUT2D eigenvalue weighted by atomic mass is 32.2. The first-order chi connectivity index (χ1) is 12.6. The van der Waals surface area contributed by atoms with Gasteiger partial charge in [0.1, 0.15) is 0 Å². The monoisotopic (exact) mass is 393 g/mol. The first kappa shape index (κ1) is 19.3. The third-order valence-corrected chi connectivity index (χ3v) is 7.01. The van der Waals surface area contributed by atoms with Crippen LogP contribution in [0.25, 0.3) is 0 Å². The topological polar surface area (TPSA) is 62.3 Å². The molecule has 1 aromatic heterocycles. The van der Waals surface area contributed by atoms with E-state index in [1.165, 1.54) is 24.8 Å². The lowest BCUT2D eigenvalue weighted by Crippen LogP contribution is -2.29. The molecule has 3 rings (SSSR count). The quantitative estimate of drug-likeness (QED) is 0.710. The van der Waals surface area contributed by atoms with Gasteiger partial charge in [0.05, 0.1) is 11.4 Å². The number of anilines is 1. The minimum Gasteiger partial charge on any atom is -0.348 e. The number of rotatable bonds is 9. The fourth-order valence-corrected chi connectivity index (χ4v) is 5.15. The standard InChI is InChI=1S/C19H27N3O2S2/c23-26(24,15-7-10-17-8-3-1-4-9-17)20-12-11-18-16-25-19(21-18)22-13-5-2-6-14-22/h1,3-4,8-9,16,20H,2,5-7,10-15H2. The number of nitrogens with one attached hydrogen (secondary N) is 1. The largest absolute Gasteiger partial charge is 0.348 e. The van der Waals surface area contributed by atoms with Crippen molar-refractivity contribution in [2.45, 2.75) is 38.5 Å². The maximum absolute atomic E-state index is 12.1. The van der Waals surface area contributed by atoms with E-state index in [-0.39, 0.29) is 5.75 Å². The van der Waals surface area contributed by atoms with E-state index < -0.39 is 10.0 Å². The fourth-order valence-electron chi connectivity index (χ4n) is 3.16. The summed E-state index contributed by atoms with van der Waals surface area (Å²) in [5.41, 5.74) is 2.15. The van der Waals surface area contributed by atoms with Crippen molar-refractivity contribution in [2.75, 3.05) is 30.3 Å². The number of benzene rings is 1. The van der Waals surface area contributed by atoms with E-state index in [1.54, 1.807) is 11.3 Å². The lowest BCUT2D eigenvalue weighted by atomic mass is 10.1. The van der Waals surface area contributed by atoms with Crippen molar-refractivity contribution >= 4 is 26.5 Å². The van der Waals surface area contributed by atoms with Crippen molar-refractivity contribution in [3.05, 3.63) is 47.0 Å². The van der Waals surface area contributed by atoms with E-state index >= 15 is 0 Å². The molecule has 0 radical (unpaired) electrons. The highest BCUT2D eigenvalue weighted by molar-refractivity contribution is 7.89. The summed E-state index contributed by atoms with van der Waals surface area (Å²) in [7, 11) is -3.22. The van der Waals surface area contributed by atoms with Crippen molar-refractivity contribution < 1.29 is 8.42 Å². The molecule has 7 heteroatoms. The second-order valence-corrected chi connectivity index (χ2v) is 9.48. The maximum Gasteiger partial charge on any atom is 0.211 e. The predicted molar refractivity (Wildman–Crippen MR) is 108 cm³/mol. The Bertz CT molecular complexity index is 769. The lowest BCUT2D eigenvalue weighted by Gasteiger charge is -2.25. The van der Waals surface area contributed by atoms with E-state index in [0.29, 0.717) is 19.4 Å². The molecule has 0 amide bonds. The summed E-state index contributed by atoms with van der Waals surface area (Å²) in [5, 5.41) is 3.12. The molecule has 0 bridgehead atoms. The molecule has 26 heavy (non-hydrogen) atoms. The van der Waals surface area contributed by atoms with Gasteiger partial charge in [0, 0.05) is 31.4 Å².